The minimum atomic E-state index is -5.89. The largest absolute Gasteiger partial charge is 0.534 e. The van der Waals surface area contributed by atoms with Crippen LogP contribution in [0.2, 0.25) is 0 Å². The van der Waals surface area contributed by atoms with Crippen molar-refractivity contribution in [3.63, 3.8) is 0 Å². The van der Waals surface area contributed by atoms with Crippen LogP contribution in [-0.2, 0) is 23.8 Å². The molecule has 9 heteroatoms. The number of hydrogen-bond donors (Lipinski definition) is 0. The van der Waals surface area contributed by atoms with E-state index in [4.69, 9.17) is 0 Å². The van der Waals surface area contributed by atoms with E-state index in [2.05, 4.69) is 8.92 Å². The maximum Gasteiger partial charge on any atom is 0.534 e. The quantitative estimate of drug-likeness (QED) is 0.271. The molecular formula is C13H13F3O5S. The zero-order chi connectivity index (χ0) is 17.0. The number of alkyl halides is 3. The molecule has 1 rings (SSSR count). The molecule has 0 heterocycles. The molecule has 0 saturated carbocycles. The SMILES string of the molecule is CCOC(=O)/C=C(\OS(=O)(=O)C(F)(F)F)c1ccc(C)cc1. The molecule has 122 valence electrons. The number of carbonyl (C=O) groups is 1. The first kappa shape index (κ1) is 18.0. The second-order valence-corrected chi connectivity index (χ2v) is 5.65. The van der Waals surface area contributed by atoms with Gasteiger partial charge in [-0.1, -0.05) is 29.8 Å². The standard InChI is InChI=1S/C13H13F3O5S/c1-3-20-12(17)8-11(10-6-4-9(2)5-7-10)21-22(18,19)13(14,15)16/h4-8H,3H2,1-2H3/b11-8-. The van der Waals surface area contributed by atoms with E-state index in [9.17, 15) is 26.4 Å². The third kappa shape index (κ3) is 4.76. The van der Waals surface area contributed by atoms with Gasteiger partial charge in [0, 0.05) is 5.56 Å². The molecule has 0 saturated heterocycles. The Bertz CT molecular complexity index is 660. The van der Waals surface area contributed by atoms with Crippen LogP contribution in [0.25, 0.3) is 5.76 Å². The first-order valence-corrected chi connectivity index (χ1v) is 7.44. The highest BCUT2D eigenvalue weighted by molar-refractivity contribution is 7.87. The van der Waals surface area contributed by atoms with Crippen LogP contribution in [0.4, 0.5) is 13.2 Å². The lowest BCUT2D eigenvalue weighted by Gasteiger charge is -2.12. The number of carbonyl (C=O) groups excluding carboxylic acids is 1. The highest BCUT2D eigenvalue weighted by atomic mass is 32.2. The van der Waals surface area contributed by atoms with Gasteiger partial charge in [0.1, 0.15) is 0 Å². The topological polar surface area (TPSA) is 69.7 Å². The van der Waals surface area contributed by atoms with Crippen LogP contribution < -0.4 is 0 Å². The average molecular weight is 338 g/mol. The summed E-state index contributed by atoms with van der Waals surface area (Å²) in [6.45, 7) is 3.19. The molecule has 1 aromatic carbocycles. The van der Waals surface area contributed by atoms with Gasteiger partial charge in [-0.05, 0) is 13.8 Å². The summed E-state index contributed by atoms with van der Waals surface area (Å²) in [5.74, 6) is -1.79. The summed E-state index contributed by atoms with van der Waals surface area (Å²) in [6.07, 6.45) is 0.553. The van der Waals surface area contributed by atoms with Crippen LogP contribution in [0.3, 0.4) is 0 Å². The molecule has 0 bridgehead atoms. The fourth-order valence-electron chi connectivity index (χ4n) is 1.33. The molecule has 0 aliphatic rings. The van der Waals surface area contributed by atoms with E-state index in [-0.39, 0.29) is 12.2 Å². The molecule has 0 aliphatic heterocycles. The van der Waals surface area contributed by atoms with Gasteiger partial charge in [-0.15, -0.1) is 0 Å². The van der Waals surface area contributed by atoms with Crippen molar-refractivity contribution in [1.82, 2.24) is 0 Å². The number of benzene rings is 1. The molecule has 0 unspecified atom stereocenters. The van der Waals surface area contributed by atoms with E-state index in [1.807, 2.05) is 0 Å². The van der Waals surface area contributed by atoms with Gasteiger partial charge >= 0.3 is 21.6 Å². The van der Waals surface area contributed by atoms with Crippen molar-refractivity contribution < 1.29 is 35.3 Å². The Balaban J connectivity index is 3.24. The van der Waals surface area contributed by atoms with Crippen molar-refractivity contribution in [2.75, 3.05) is 6.61 Å². The molecule has 0 aromatic heterocycles. The Kier molecular flexibility index (Phi) is 5.59. The fourth-order valence-corrected chi connectivity index (χ4v) is 1.80. The normalized spacial score (nSPS) is 12.9. The van der Waals surface area contributed by atoms with Crippen LogP contribution in [-0.4, -0.2) is 26.5 Å². The second kappa shape index (κ2) is 6.82. The van der Waals surface area contributed by atoms with Crippen molar-refractivity contribution >= 4 is 21.8 Å². The van der Waals surface area contributed by atoms with Crippen molar-refractivity contribution in [2.24, 2.45) is 0 Å². The monoisotopic (exact) mass is 338 g/mol. The second-order valence-electron chi connectivity index (χ2n) is 4.11. The van der Waals surface area contributed by atoms with Crippen molar-refractivity contribution in [3.8, 4) is 0 Å². The minimum absolute atomic E-state index is 0.00789. The number of halogens is 3. The Morgan fingerprint density at radius 1 is 1.23 bits per heavy atom. The summed E-state index contributed by atoms with van der Waals surface area (Å²) in [6, 6.07) is 5.70. The summed E-state index contributed by atoms with van der Waals surface area (Å²) in [5.41, 5.74) is -4.82. The van der Waals surface area contributed by atoms with Gasteiger partial charge in [-0.3, -0.25) is 0 Å². The maximum atomic E-state index is 12.4. The van der Waals surface area contributed by atoms with Crippen LogP contribution in [0.5, 0.6) is 0 Å². The van der Waals surface area contributed by atoms with Gasteiger partial charge in [-0.25, -0.2) is 4.79 Å². The maximum absolute atomic E-state index is 12.4. The third-order valence-corrected chi connectivity index (χ3v) is 3.32. The van der Waals surface area contributed by atoms with Gasteiger partial charge in [0.15, 0.2) is 5.76 Å². The molecule has 22 heavy (non-hydrogen) atoms. The molecule has 0 atom stereocenters. The molecule has 0 N–H and O–H groups in total. The molecule has 0 fully saturated rings. The third-order valence-electron chi connectivity index (χ3n) is 2.35. The van der Waals surface area contributed by atoms with Crippen molar-refractivity contribution in [1.29, 1.82) is 0 Å². The van der Waals surface area contributed by atoms with E-state index < -0.39 is 27.4 Å². The molecular weight excluding hydrogens is 325 g/mol. The smallest absolute Gasteiger partial charge is 0.463 e. The molecule has 0 amide bonds. The van der Waals surface area contributed by atoms with Crippen LogP contribution >= 0.6 is 0 Å². The molecule has 0 spiro atoms. The summed E-state index contributed by atoms with van der Waals surface area (Å²) in [4.78, 5) is 11.4. The molecule has 0 radical (unpaired) electrons. The van der Waals surface area contributed by atoms with Crippen LogP contribution in [0, 0.1) is 6.92 Å². The molecule has 0 aliphatic carbocycles. The van der Waals surface area contributed by atoms with Gasteiger partial charge in [-0.2, -0.15) is 21.6 Å². The van der Waals surface area contributed by atoms with Gasteiger partial charge in [0.05, 0.1) is 12.7 Å². The lowest BCUT2D eigenvalue weighted by molar-refractivity contribution is -0.137. The van der Waals surface area contributed by atoms with Crippen LogP contribution in [0.1, 0.15) is 18.1 Å². The fraction of sp³-hybridized carbons (Fsp3) is 0.308. The van der Waals surface area contributed by atoms with Gasteiger partial charge in [0.2, 0.25) is 0 Å². The minimum Gasteiger partial charge on any atom is -0.463 e. The number of hydrogen-bond acceptors (Lipinski definition) is 5. The van der Waals surface area contributed by atoms with E-state index in [0.29, 0.717) is 6.08 Å². The van der Waals surface area contributed by atoms with E-state index in [1.54, 1.807) is 6.92 Å². The van der Waals surface area contributed by atoms with Gasteiger partial charge < -0.3 is 8.92 Å². The number of ether oxygens (including phenoxy) is 1. The zero-order valence-corrected chi connectivity index (χ0v) is 12.5. The number of esters is 1. The summed E-state index contributed by atoms with van der Waals surface area (Å²) in [5, 5.41) is 0. The Labute approximate surface area is 125 Å². The molecule has 5 nitrogen and oxygen atoms in total. The predicted octanol–water partition coefficient (Wildman–Crippen LogP) is 2.77. The highest BCUT2D eigenvalue weighted by Gasteiger charge is 2.49. The first-order valence-electron chi connectivity index (χ1n) is 6.03. The first-order chi connectivity index (χ1) is 10.1. The van der Waals surface area contributed by atoms with E-state index in [0.717, 1.165) is 5.56 Å². The lowest BCUT2D eigenvalue weighted by atomic mass is 10.1. The summed E-state index contributed by atoms with van der Waals surface area (Å²) in [7, 11) is -5.89. The Hall–Kier alpha value is -2.03. The molecule has 1 aromatic rings. The zero-order valence-electron chi connectivity index (χ0n) is 11.7. The number of aryl methyl sites for hydroxylation is 1. The average Bonchev–Trinajstić information content (AvgIpc) is 2.37. The Morgan fingerprint density at radius 3 is 2.23 bits per heavy atom. The van der Waals surface area contributed by atoms with E-state index >= 15 is 0 Å². The van der Waals surface area contributed by atoms with E-state index in [1.165, 1.54) is 31.2 Å². The number of rotatable bonds is 5. The predicted molar refractivity (Wildman–Crippen MR) is 71.8 cm³/mol. The summed E-state index contributed by atoms with van der Waals surface area (Å²) >= 11 is 0. The van der Waals surface area contributed by atoms with Crippen molar-refractivity contribution in [3.05, 3.63) is 41.5 Å². The van der Waals surface area contributed by atoms with Gasteiger partial charge in [0.25, 0.3) is 0 Å². The Morgan fingerprint density at radius 2 is 1.77 bits per heavy atom. The van der Waals surface area contributed by atoms with Crippen LogP contribution in [0.15, 0.2) is 30.3 Å². The highest BCUT2D eigenvalue weighted by Crippen LogP contribution is 2.29. The summed E-state index contributed by atoms with van der Waals surface area (Å²) < 4.78 is 68.0. The van der Waals surface area contributed by atoms with Crippen molar-refractivity contribution in [2.45, 2.75) is 19.4 Å². The lowest BCUT2D eigenvalue weighted by Crippen LogP contribution is -2.25.